The summed E-state index contributed by atoms with van der Waals surface area (Å²) in [5.41, 5.74) is 1.16. The fraction of sp³-hybridized carbons (Fsp3) is 0.576. The van der Waals surface area contributed by atoms with Crippen molar-refractivity contribution in [3.8, 4) is 0 Å². The van der Waals surface area contributed by atoms with Gasteiger partial charge in [-0.3, -0.25) is 14.4 Å². The third kappa shape index (κ3) is 20.9. The molecule has 2 amide bonds. The molecule has 17 nitrogen and oxygen atoms in total. The van der Waals surface area contributed by atoms with Crippen molar-refractivity contribution in [1.29, 1.82) is 0 Å². The molecule has 0 saturated heterocycles. The Kier molecular flexibility index (Phi) is 21.6. The van der Waals surface area contributed by atoms with E-state index < -0.39 is 34.5 Å². The minimum absolute atomic E-state index is 0.0627. The molecule has 5 N–H and O–H groups in total. The van der Waals surface area contributed by atoms with Gasteiger partial charge in [-0.25, -0.2) is 27.9 Å². The van der Waals surface area contributed by atoms with E-state index in [4.69, 9.17) is 29.2 Å². The van der Waals surface area contributed by atoms with E-state index in [1.807, 2.05) is 0 Å². The molecule has 51 heavy (non-hydrogen) atoms. The summed E-state index contributed by atoms with van der Waals surface area (Å²) in [6, 6.07) is 6.61. The fourth-order valence-electron chi connectivity index (χ4n) is 4.42. The molecule has 1 aromatic heterocycles. The molecule has 1 heterocycles. The van der Waals surface area contributed by atoms with E-state index in [1.165, 1.54) is 24.5 Å². The summed E-state index contributed by atoms with van der Waals surface area (Å²) in [5, 5.41) is 22.4. The molecular formula is C33H49N5O12S. The van der Waals surface area contributed by atoms with Gasteiger partial charge in [0.25, 0.3) is 15.9 Å². The molecule has 18 heteroatoms. The smallest absolute Gasteiger partial charge is 0.329 e. The zero-order valence-electron chi connectivity index (χ0n) is 28.7. The highest BCUT2D eigenvalue weighted by Gasteiger charge is 2.16. The molecule has 0 saturated carbocycles. The van der Waals surface area contributed by atoms with Crippen molar-refractivity contribution in [2.45, 2.75) is 62.7 Å². The minimum atomic E-state index is -3.94. The number of sulfonamides is 1. The van der Waals surface area contributed by atoms with Gasteiger partial charge in [0.15, 0.2) is 0 Å². The highest BCUT2D eigenvalue weighted by molar-refractivity contribution is 7.92. The van der Waals surface area contributed by atoms with E-state index in [-0.39, 0.29) is 88.1 Å². The Balaban J connectivity index is 1.54. The zero-order chi connectivity index (χ0) is 37.2. The molecule has 1 aromatic carbocycles. The van der Waals surface area contributed by atoms with Gasteiger partial charge in [-0.15, -0.1) is 0 Å². The van der Waals surface area contributed by atoms with Gasteiger partial charge in [-0.05, 0) is 37.0 Å². The number of carboxylic acid groups (broad SMARTS) is 2. The van der Waals surface area contributed by atoms with Crippen LogP contribution in [-0.2, 0) is 49.8 Å². The zero-order valence-corrected chi connectivity index (χ0v) is 29.5. The summed E-state index contributed by atoms with van der Waals surface area (Å²) in [4.78, 5) is 52.9. The van der Waals surface area contributed by atoms with Crippen molar-refractivity contribution >= 4 is 39.7 Å². The van der Waals surface area contributed by atoms with Crippen LogP contribution < -0.4 is 15.4 Å². The Bertz CT molecular complexity index is 1430. The quantitative estimate of drug-likeness (QED) is 0.0721. The third-order valence-corrected chi connectivity index (χ3v) is 8.38. The summed E-state index contributed by atoms with van der Waals surface area (Å²) in [7, 11) is -3.94. The second-order valence-electron chi connectivity index (χ2n) is 11.2. The Hall–Kier alpha value is -4.23. The maximum Gasteiger partial charge on any atom is 0.329 e. The number of carbonyl (C=O) groups excluding carboxylic acids is 2. The lowest BCUT2D eigenvalue weighted by Gasteiger charge is -2.09. The average molecular weight is 740 g/mol. The molecule has 0 spiro atoms. The number of hydrogen-bond donors (Lipinski definition) is 5. The standard InChI is InChI=1S/C33H49N5O12S/c39-29(34-14-16-47-19-21-50-25-31(42)43)24-49-20-18-48-17-15-35-32(44)27-22-36-33(37-23-27)38-51(45,46)28-12-10-26(11-13-28)8-6-4-2-1-3-5-7-9-30(40)41/h10-13,22-23H,1-9,14-21,24-25H2,(H,34,39)(H,35,44)(H,40,41)(H,42,43)(H,36,37,38). The van der Waals surface area contributed by atoms with Crippen molar-refractivity contribution in [2.75, 3.05) is 70.7 Å². The normalized spacial score (nSPS) is 11.2. The second-order valence-corrected chi connectivity index (χ2v) is 12.9. The number of unbranched alkanes of at least 4 members (excludes halogenated alkanes) is 6. The molecule has 284 valence electrons. The van der Waals surface area contributed by atoms with Gasteiger partial charge in [0.1, 0.15) is 13.2 Å². The Morgan fingerprint density at radius 1 is 0.647 bits per heavy atom. The number of anilines is 1. The number of carbonyl (C=O) groups is 4. The maximum atomic E-state index is 12.8. The van der Waals surface area contributed by atoms with Crippen molar-refractivity contribution in [1.82, 2.24) is 20.6 Å². The SMILES string of the molecule is O=C(O)CCCCCCCCCc1ccc(S(=O)(=O)Nc2ncc(C(=O)NCCOCCOCC(=O)NCCOCCOCC(=O)O)cn2)cc1. The summed E-state index contributed by atoms with van der Waals surface area (Å²) >= 11 is 0. The van der Waals surface area contributed by atoms with Crippen LogP contribution in [0.4, 0.5) is 5.95 Å². The van der Waals surface area contributed by atoms with Crippen molar-refractivity contribution in [2.24, 2.45) is 0 Å². The van der Waals surface area contributed by atoms with Gasteiger partial charge < -0.3 is 39.8 Å². The van der Waals surface area contributed by atoms with Gasteiger partial charge in [0, 0.05) is 31.9 Å². The predicted molar refractivity (Wildman–Crippen MR) is 184 cm³/mol. The average Bonchev–Trinajstić information content (AvgIpc) is 3.09. The molecule has 0 aliphatic heterocycles. The minimum Gasteiger partial charge on any atom is -0.481 e. The van der Waals surface area contributed by atoms with Crippen LogP contribution in [0.2, 0.25) is 0 Å². The monoisotopic (exact) mass is 739 g/mol. The van der Waals surface area contributed by atoms with Crippen LogP contribution in [-0.4, -0.2) is 118 Å². The van der Waals surface area contributed by atoms with Crippen LogP contribution in [0.3, 0.4) is 0 Å². The van der Waals surface area contributed by atoms with Gasteiger partial charge in [-0.2, -0.15) is 0 Å². The molecule has 0 bridgehead atoms. The lowest BCUT2D eigenvalue weighted by atomic mass is 10.0. The molecular weight excluding hydrogens is 690 g/mol. The molecule has 0 fully saturated rings. The number of aromatic nitrogens is 2. The van der Waals surface area contributed by atoms with Crippen molar-refractivity contribution in [3.05, 3.63) is 47.8 Å². The summed E-state index contributed by atoms with van der Waals surface area (Å²) in [5.74, 6) is -2.78. The Morgan fingerprint density at radius 3 is 1.80 bits per heavy atom. The first-order chi connectivity index (χ1) is 24.6. The van der Waals surface area contributed by atoms with Crippen LogP contribution in [0, 0.1) is 0 Å². The lowest BCUT2D eigenvalue weighted by Crippen LogP contribution is -2.31. The maximum absolute atomic E-state index is 12.8. The number of amides is 2. The van der Waals surface area contributed by atoms with E-state index in [9.17, 15) is 27.6 Å². The van der Waals surface area contributed by atoms with E-state index in [0.29, 0.717) is 0 Å². The highest BCUT2D eigenvalue weighted by Crippen LogP contribution is 2.16. The molecule has 0 aliphatic carbocycles. The highest BCUT2D eigenvalue weighted by atomic mass is 32.2. The van der Waals surface area contributed by atoms with Crippen LogP contribution in [0.25, 0.3) is 0 Å². The number of aliphatic carboxylic acids is 2. The number of nitrogens with zero attached hydrogens (tertiary/aromatic N) is 2. The number of rotatable bonds is 30. The van der Waals surface area contributed by atoms with Gasteiger partial charge in [0.2, 0.25) is 11.9 Å². The molecule has 0 aliphatic rings. The van der Waals surface area contributed by atoms with Crippen LogP contribution >= 0.6 is 0 Å². The third-order valence-electron chi connectivity index (χ3n) is 7.03. The van der Waals surface area contributed by atoms with Crippen LogP contribution in [0.5, 0.6) is 0 Å². The Labute approximate surface area is 297 Å². The summed E-state index contributed by atoms with van der Waals surface area (Å²) in [6.07, 6.45) is 10.4. The predicted octanol–water partition coefficient (Wildman–Crippen LogP) is 2.02. The number of ether oxygens (including phenoxy) is 4. The summed E-state index contributed by atoms with van der Waals surface area (Å²) < 4.78 is 48.6. The first-order valence-electron chi connectivity index (χ1n) is 16.8. The molecule has 0 atom stereocenters. The van der Waals surface area contributed by atoms with E-state index >= 15 is 0 Å². The first-order valence-corrected chi connectivity index (χ1v) is 18.3. The number of hydrogen-bond acceptors (Lipinski definition) is 12. The van der Waals surface area contributed by atoms with Crippen LogP contribution in [0.1, 0.15) is 67.3 Å². The van der Waals surface area contributed by atoms with Crippen LogP contribution in [0.15, 0.2) is 41.6 Å². The number of carboxylic acids is 2. The largest absolute Gasteiger partial charge is 0.481 e. The van der Waals surface area contributed by atoms with E-state index in [2.05, 4.69) is 25.3 Å². The number of nitrogens with one attached hydrogen (secondary N) is 3. The summed E-state index contributed by atoms with van der Waals surface area (Å²) in [6.45, 7) is 1.03. The molecule has 2 rings (SSSR count). The van der Waals surface area contributed by atoms with E-state index in [1.54, 1.807) is 12.1 Å². The van der Waals surface area contributed by atoms with Gasteiger partial charge in [0.05, 0.1) is 50.1 Å². The van der Waals surface area contributed by atoms with Gasteiger partial charge in [-0.1, -0.05) is 44.2 Å². The van der Waals surface area contributed by atoms with E-state index in [0.717, 1.165) is 56.9 Å². The van der Waals surface area contributed by atoms with Crippen molar-refractivity contribution in [3.63, 3.8) is 0 Å². The molecule has 0 radical (unpaired) electrons. The fourth-order valence-corrected chi connectivity index (χ4v) is 5.38. The second kappa shape index (κ2) is 25.7. The first kappa shape index (κ1) is 42.9. The molecule has 0 unspecified atom stereocenters. The Morgan fingerprint density at radius 2 is 1.20 bits per heavy atom. The topological polar surface area (TPSA) is 242 Å². The lowest BCUT2D eigenvalue weighted by molar-refractivity contribution is -0.143. The van der Waals surface area contributed by atoms with Crippen molar-refractivity contribution < 1.29 is 56.8 Å². The number of benzene rings is 1. The van der Waals surface area contributed by atoms with Gasteiger partial charge >= 0.3 is 11.9 Å². The molecule has 2 aromatic rings. The number of aryl methyl sites for hydroxylation is 1.